The van der Waals surface area contributed by atoms with Crippen molar-refractivity contribution in [3.05, 3.63) is 131 Å². The van der Waals surface area contributed by atoms with Crippen molar-refractivity contribution < 1.29 is 4.42 Å². The number of hydrogen-bond acceptors (Lipinski definition) is 3. The number of likely N-dealkylation sites (tertiary alicyclic amines) is 1. The van der Waals surface area contributed by atoms with E-state index in [0.29, 0.717) is 41.8 Å². The Hall–Kier alpha value is -3.56. The van der Waals surface area contributed by atoms with Crippen molar-refractivity contribution in [2.45, 2.75) is 75.9 Å². The predicted octanol–water partition coefficient (Wildman–Crippen LogP) is 8.58. The third-order valence-electron chi connectivity index (χ3n) is 11.7. The molecule has 0 radical (unpaired) electrons. The Morgan fingerprint density at radius 2 is 1.77 bits per heavy atom. The number of fused-ring (bicyclic) bond motifs is 6. The molecule has 3 heteroatoms. The van der Waals surface area contributed by atoms with Gasteiger partial charge in [0.15, 0.2) is 0 Å². The van der Waals surface area contributed by atoms with Crippen LogP contribution in [0.4, 0.5) is 0 Å². The third kappa shape index (κ3) is 4.50. The summed E-state index contributed by atoms with van der Waals surface area (Å²) in [5.74, 6) is 4.42. The summed E-state index contributed by atoms with van der Waals surface area (Å²) in [5, 5.41) is 3.62. The average molecular weight is 581 g/mol. The van der Waals surface area contributed by atoms with Crippen molar-refractivity contribution in [1.29, 1.82) is 0 Å². The van der Waals surface area contributed by atoms with Crippen molar-refractivity contribution in [3.8, 4) is 0 Å². The number of nitrogens with zero attached hydrogens (tertiary/aromatic N) is 1. The second-order valence-electron chi connectivity index (χ2n) is 14.1. The van der Waals surface area contributed by atoms with Crippen molar-refractivity contribution in [3.63, 3.8) is 0 Å². The minimum Gasteiger partial charge on any atom is -0.456 e. The maximum absolute atomic E-state index is 6.57. The number of hydrogen-bond donors (Lipinski definition) is 1. The van der Waals surface area contributed by atoms with Crippen LogP contribution in [0.1, 0.15) is 67.6 Å². The molecule has 1 saturated heterocycles. The fraction of sp³-hybridized carbons (Fsp3) is 0.415. The Bertz CT molecular complexity index is 1650. The average Bonchev–Trinajstić information content (AvgIpc) is 3.64. The molecule has 7 unspecified atom stereocenters. The Morgan fingerprint density at radius 1 is 0.818 bits per heavy atom. The molecule has 8 aliphatic rings. The minimum atomic E-state index is 0.411. The molecule has 3 heterocycles. The van der Waals surface area contributed by atoms with E-state index in [9.17, 15) is 0 Å². The van der Waals surface area contributed by atoms with Gasteiger partial charge in [-0.15, -0.1) is 0 Å². The Balaban J connectivity index is 1.07. The molecule has 3 nitrogen and oxygen atoms in total. The Kier molecular flexibility index (Phi) is 6.77. The summed E-state index contributed by atoms with van der Waals surface area (Å²) in [5.41, 5.74) is 8.85. The summed E-state index contributed by atoms with van der Waals surface area (Å²) in [6, 6.07) is 1.30. The quantitative estimate of drug-likeness (QED) is 0.362. The molecule has 0 saturated carbocycles. The standard InChI is InChI=1S/C41H44N2O/c1-3-10-27(11-4-1)30-22-31(28-12-5-2-6-13-28)24-32(23-30)43-38-19-18-29(25-36(38)37-26-42-21-20-39(37)43)33-15-9-16-35-34-14-7-8-17-40(34)44-41(33)35/h1,3-5,8,10,12-13,15,17-21,23,25,27,31-32,36-39,42H,2,6-7,9,11,14,16,22,24,26H2. The number of rotatable bonds is 4. The molecular formula is C41H44N2O. The van der Waals surface area contributed by atoms with Crippen LogP contribution < -0.4 is 5.32 Å². The molecule has 0 aromatic carbocycles. The van der Waals surface area contributed by atoms with Crippen LogP contribution in [0, 0.1) is 23.7 Å². The van der Waals surface area contributed by atoms with Crippen LogP contribution in [0.5, 0.6) is 0 Å². The second kappa shape index (κ2) is 11.1. The highest BCUT2D eigenvalue weighted by molar-refractivity contribution is 5.84. The van der Waals surface area contributed by atoms with Crippen molar-refractivity contribution >= 4 is 11.6 Å². The van der Waals surface area contributed by atoms with E-state index in [2.05, 4.69) is 108 Å². The van der Waals surface area contributed by atoms with Gasteiger partial charge in [-0.1, -0.05) is 90.6 Å². The monoisotopic (exact) mass is 580 g/mol. The van der Waals surface area contributed by atoms with Gasteiger partial charge >= 0.3 is 0 Å². The molecule has 44 heavy (non-hydrogen) atoms. The highest BCUT2D eigenvalue weighted by atomic mass is 16.3. The van der Waals surface area contributed by atoms with Crippen LogP contribution in [0.15, 0.2) is 112 Å². The number of furan rings is 1. The van der Waals surface area contributed by atoms with Gasteiger partial charge in [0.05, 0.1) is 0 Å². The first-order valence-corrected chi connectivity index (χ1v) is 17.3. The van der Waals surface area contributed by atoms with Crippen LogP contribution in [0.25, 0.3) is 11.6 Å². The first-order chi connectivity index (χ1) is 21.8. The Morgan fingerprint density at radius 3 is 2.68 bits per heavy atom. The van der Waals surface area contributed by atoms with Crippen molar-refractivity contribution in [2.75, 3.05) is 6.54 Å². The molecule has 6 aliphatic carbocycles. The molecule has 9 rings (SSSR count). The summed E-state index contributed by atoms with van der Waals surface area (Å²) >= 11 is 0. The van der Waals surface area contributed by atoms with E-state index >= 15 is 0 Å². The minimum absolute atomic E-state index is 0.411. The van der Waals surface area contributed by atoms with Gasteiger partial charge in [-0.2, -0.15) is 0 Å². The first-order valence-electron chi connectivity index (χ1n) is 17.3. The van der Waals surface area contributed by atoms with Crippen LogP contribution in [-0.2, 0) is 12.8 Å². The highest BCUT2D eigenvalue weighted by Crippen LogP contribution is 2.49. The molecule has 0 amide bonds. The summed E-state index contributed by atoms with van der Waals surface area (Å²) in [6.45, 7) is 1.04. The van der Waals surface area contributed by atoms with E-state index in [-0.39, 0.29) is 0 Å². The van der Waals surface area contributed by atoms with Crippen LogP contribution >= 0.6 is 0 Å². The molecule has 2 aliphatic heterocycles. The predicted molar refractivity (Wildman–Crippen MR) is 181 cm³/mol. The van der Waals surface area contributed by atoms with Gasteiger partial charge in [0, 0.05) is 59.1 Å². The van der Waals surface area contributed by atoms with E-state index < -0.39 is 0 Å². The maximum Gasteiger partial charge on any atom is 0.138 e. The van der Waals surface area contributed by atoms with Crippen molar-refractivity contribution in [1.82, 2.24) is 10.2 Å². The number of allylic oxidation sites excluding steroid dienone is 14. The number of nitrogens with one attached hydrogen (secondary N) is 1. The largest absolute Gasteiger partial charge is 0.456 e. The van der Waals surface area contributed by atoms with E-state index in [1.54, 1.807) is 11.1 Å². The Labute approximate surface area is 262 Å². The molecule has 0 spiro atoms. The van der Waals surface area contributed by atoms with Gasteiger partial charge in [-0.3, -0.25) is 4.90 Å². The van der Waals surface area contributed by atoms with Crippen LogP contribution in [0.2, 0.25) is 0 Å². The van der Waals surface area contributed by atoms with Crippen LogP contribution in [0.3, 0.4) is 0 Å². The van der Waals surface area contributed by atoms with E-state index in [4.69, 9.17) is 4.42 Å². The summed E-state index contributed by atoms with van der Waals surface area (Å²) < 4.78 is 6.57. The second-order valence-corrected chi connectivity index (χ2v) is 14.1. The van der Waals surface area contributed by atoms with E-state index in [1.807, 2.05) is 0 Å². The zero-order valence-electron chi connectivity index (χ0n) is 25.7. The van der Waals surface area contributed by atoms with Gasteiger partial charge in [-0.25, -0.2) is 0 Å². The molecule has 1 N–H and O–H groups in total. The lowest BCUT2D eigenvalue weighted by molar-refractivity contribution is 0.161. The first kappa shape index (κ1) is 26.8. The normalized spacial score (nSPS) is 35.1. The smallest absolute Gasteiger partial charge is 0.138 e. The summed E-state index contributed by atoms with van der Waals surface area (Å²) in [4.78, 5) is 2.91. The SMILES string of the molecule is C1=CCC(C2=CC(N3C4C=CC(C5=CCCc6c5oc5c6CCC=C5)=CC4C4CNC=CC43)CC(C3=CCCC=C3)C2)C=C1. The molecule has 1 aromatic heterocycles. The molecular weight excluding hydrogens is 536 g/mol. The third-order valence-corrected chi connectivity index (χ3v) is 11.7. The molecule has 0 bridgehead atoms. The van der Waals surface area contributed by atoms with Gasteiger partial charge in [0.25, 0.3) is 0 Å². The van der Waals surface area contributed by atoms with Crippen LogP contribution in [-0.4, -0.2) is 29.6 Å². The molecule has 224 valence electrons. The molecule has 7 atom stereocenters. The van der Waals surface area contributed by atoms with Gasteiger partial charge in [-0.05, 0) is 87.1 Å². The molecule has 1 aromatic rings. The van der Waals surface area contributed by atoms with E-state index in [0.717, 1.165) is 50.2 Å². The lowest BCUT2D eigenvalue weighted by Crippen LogP contribution is -2.47. The van der Waals surface area contributed by atoms with E-state index in [1.165, 1.54) is 48.0 Å². The summed E-state index contributed by atoms with van der Waals surface area (Å²) in [7, 11) is 0. The fourth-order valence-electron chi connectivity index (χ4n) is 9.61. The van der Waals surface area contributed by atoms with Gasteiger partial charge < -0.3 is 9.73 Å². The summed E-state index contributed by atoms with van der Waals surface area (Å²) in [6.07, 6.45) is 49.0. The maximum atomic E-state index is 6.57. The lowest BCUT2D eigenvalue weighted by Gasteiger charge is -2.42. The zero-order chi connectivity index (χ0) is 29.0. The fourth-order valence-corrected chi connectivity index (χ4v) is 9.61. The van der Waals surface area contributed by atoms with Crippen molar-refractivity contribution in [2.24, 2.45) is 23.7 Å². The van der Waals surface area contributed by atoms with Gasteiger partial charge in [0.1, 0.15) is 11.5 Å². The highest BCUT2D eigenvalue weighted by Gasteiger charge is 2.50. The lowest BCUT2D eigenvalue weighted by atomic mass is 9.74. The molecule has 1 fully saturated rings. The van der Waals surface area contributed by atoms with Gasteiger partial charge in [0.2, 0.25) is 0 Å². The zero-order valence-corrected chi connectivity index (χ0v) is 25.7. The topological polar surface area (TPSA) is 28.4 Å².